The molecular formula is C19H18N4O4. The highest BCUT2D eigenvalue weighted by Crippen LogP contribution is 2.28. The van der Waals surface area contributed by atoms with Crippen molar-refractivity contribution in [2.24, 2.45) is 5.10 Å². The molecule has 3 N–H and O–H groups in total. The van der Waals surface area contributed by atoms with Gasteiger partial charge in [-0.05, 0) is 42.5 Å². The van der Waals surface area contributed by atoms with Gasteiger partial charge >= 0.3 is 0 Å². The number of phenolic OH excluding ortho intramolecular Hbond substituents is 1. The number of carbonyl (C=O) groups excluding carboxylic acids is 1. The van der Waals surface area contributed by atoms with Gasteiger partial charge in [-0.1, -0.05) is 6.07 Å². The molecule has 0 aliphatic carbocycles. The third kappa shape index (κ3) is 4.06. The predicted molar refractivity (Wildman–Crippen MR) is 100 cm³/mol. The van der Waals surface area contributed by atoms with Crippen LogP contribution in [0.2, 0.25) is 0 Å². The zero-order valence-corrected chi connectivity index (χ0v) is 14.8. The number of aromatic nitrogens is 2. The van der Waals surface area contributed by atoms with E-state index in [2.05, 4.69) is 20.7 Å². The summed E-state index contributed by atoms with van der Waals surface area (Å²) in [6.45, 7) is 0. The summed E-state index contributed by atoms with van der Waals surface area (Å²) in [4.78, 5) is 12.2. The van der Waals surface area contributed by atoms with Crippen LogP contribution < -0.4 is 14.9 Å². The van der Waals surface area contributed by atoms with Crippen LogP contribution in [-0.2, 0) is 0 Å². The second-order valence-electron chi connectivity index (χ2n) is 5.49. The SMILES string of the molecule is COc1ccc(-c2cc(C(=O)N/N=C/c3cccc(OC)c3O)[nH]n2)cc1. The number of carbonyl (C=O) groups is 1. The Morgan fingerprint density at radius 2 is 1.96 bits per heavy atom. The lowest BCUT2D eigenvalue weighted by Gasteiger charge is -2.04. The van der Waals surface area contributed by atoms with Crippen molar-refractivity contribution < 1.29 is 19.4 Å². The maximum absolute atomic E-state index is 12.2. The van der Waals surface area contributed by atoms with Crippen LogP contribution in [0.3, 0.4) is 0 Å². The van der Waals surface area contributed by atoms with Crippen LogP contribution in [0.1, 0.15) is 16.1 Å². The number of hydrogen-bond acceptors (Lipinski definition) is 6. The van der Waals surface area contributed by atoms with Crippen LogP contribution in [0.5, 0.6) is 17.2 Å². The molecule has 8 heteroatoms. The normalized spacial score (nSPS) is 10.7. The van der Waals surface area contributed by atoms with E-state index in [1.165, 1.54) is 13.3 Å². The zero-order chi connectivity index (χ0) is 19.2. The van der Waals surface area contributed by atoms with Gasteiger partial charge in [0.1, 0.15) is 11.4 Å². The molecule has 0 saturated heterocycles. The third-order valence-electron chi connectivity index (χ3n) is 3.83. The number of hydrazone groups is 1. The number of hydrogen-bond donors (Lipinski definition) is 3. The van der Waals surface area contributed by atoms with E-state index in [-0.39, 0.29) is 11.4 Å². The molecule has 3 aromatic rings. The number of para-hydroxylation sites is 1. The molecule has 0 aliphatic heterocycles. The minimum Gasteiger partial charge on any atom is -0.504 e. The lowest BCUT2D eigenvalue weighted by molar-refractivity contribution is 0.0950. The Kier molecular flexibility index (Phi) is 5.36. The van der Waals surface area contributed by atoms with E-state index in [1.54, 1.807) is 31.4 Å². The summed E-state index contributed by atoms with van der Waals surface area (Å²) in [6, 6.07) is 13.9. The molecule has 0 spiro atoms. The number of ether oxygens (including phenoxy) is 2. The Labute approximate surface area is 155 Å². The number of amides is 1. The minimum absolute atomic E-state index is 0.0543. The summed E-state index contributed by atoms with van der Waals surface area (Å²) in [5.41, 5.74) is 4.52. The largest absolute Gasteiger partial charge is 0.504 e. The van der Waals surface area contributed by atoms with E-state index in [0.717, 1.165) is 11.3 Å². The maximum atomic E-state index is 12.2. The Morgan fingerprint density at radius 1 is 1.19 bits per heavy atom. The van der Waals surface area contributed by atoms with Crippen LogP contribution >= 0.6 is 0 Å². The molecule has 1 heterocycles. The Bertz CT molecular complexity index is 964. The van der Waals surface area contributed by atoms with E-state index in [4.69, 9.17) is 9.47 Å². The first-order valence-electron chi connectivity index (χ1n) is 8.01. The standard InChI is InChI=1S/C19H18N4O4/c1-26-14-8-6-12(7-9-14)15-10-16(22-21-15)19(25)23-20-11-13-4-3-5-17(27-2)18(13)24/h3-11,24H,1-2H3,(H,21,22)(H,23,25)/b20-11+. The number of aromatic hydroxyl groups is 1. The van der Waals surface area contributed by atoms with E-state index >= 15 is 0 Å². The molecule has 0 saturated carbocycles. The molecule has 138 valence electrons. The number of rotatable bonds is 6. The van der Waals surface area contributed by atoms with Gasteiger partial charge in [0.2, 0.25) is 0 Å². The monoisotopic (exact) mass is 366 g/mol. The van der Waals surface area contributed by atoms with Gasteiger partial charge in [0, 0.05) is 11.1 Å². The van der Waals surface area contributed by atoms with Crippen LogP contribution in [0.25, 0.3) is 11.3 Å². The van der Waals surface area contributed by atoms with Gasteiger partial charge in [0.05, 0.1) is 26.1 Å². The molecule has 0 bridgehead atoms. The average molecular weight is 366 g/mol. The first-order valence-corrected chi connectivity index (χ1v) is 8.01. The number of phenols is 1. The fourth-order valence-electron chi connectivity index (χ4n) is 2.38. The Hall–Kier alpha value is -3.81. The van der Waals surface area contributed by atoms with Crippen molar-refractivity contribution >= 4 is 12.1 Å². The van der Waals surface area contributed by atoms with Crippen molar-refractivity contribution in [1.29, 1.82) is 0 Å². The van der Waals surface area contributed by atoms with Crippen molar-refractivity contribution in [3.63, 3.8) is 0 Å². The van der Waals surface area contributed by atoms with Crippen molar-refractivity contribution in [3.8, 4) is 28.5 Å². The third-order valence-corrected chi connectivity index (χ3v) is 3.83. The Balaban J connectivity index is 1.67. The van der Waals surface area contributed by atoms with Crippen molar-refractivity contribution in [2.45, 2.75) is 0 Å². The molecule has 3 rings (SSSR count). The summed E-state index contributed by atoms with van der Waals surface area (Å²) in [6.07, 6.45) is 1.33. The number of benzene rings is 2. The molecular weight excluding hydrogens is 348 g/mol. The van der Waals surface area contributed by atoms with Gasteiger partial charge in [-0.25, -0.2) is 5.43 Å². The number of aromatic amines is 1. The molecule has 0 unspecified atom stereocenters. The zero-order valence-electron chi connectivity index (χ0n) is 14.8. The highest BCUT2D eigenvalue weighted by Gasteiger charge is 2.11. The first kappa shape index (κ1) is 18.0. The molecule has 0 radical (unpaired) electrons. The quantitative estimate of drug-likeness (QED) is 0.459. The van der Waals surface area contributed by atoms with Gasteiger partial charge < -0.3 is 14.6 Å². The second-order valence-corrected chi connectivity index (χ2v) is 5.49. The van der Waals surface area contributed by atoms with Gasteiger partial charge in [0.15, 0.2) is 11.5 Å². The molecule has 1 aromatic heterocycles. The maximum Gasteiger partial charge on any atom is 0.289 e. The second kappa shape index (κ2) is 8.05. The predicted octanol–water partition coefficient (Wildman–Crippen LogP) is 2.56. The van der Waals surface area contributed by atoms with Gasteiger partial charge in [-0.3, -0.25) is 9.89 Å². The summed E-state index contributed by atoms with van der Waals surface area (Å²) >= 11 is 0. The van der Waals surface area contributed by atoms with Gasteiger partial charge in [-0.2, -0.15) is 10.2 Å². The topological polar surface area (TPSA) is 109 Å². The summed E-state index contributed by atoms with van der Waals surface area (Å²) in [5.74, 6) is 0.549. The average Bonchev–Trinajstić information content (AvgIpc) is 3.19. The molecule has 0 aliphatic rings. The van der Waals surface area contributed by atoms with Crippen LogP contribution in [-0.4, -0.2) is 41.6 Å². The Morgan fingerprint density at radius 3 is 2.67 bits per heavy atom. The number of nitrogens with zero attached hydrogens (tertiary/aromatic N) is 2. The van der Waals surface area contributed by atoms with E-state index in [9.17, 15) is 9.90 Å². The summed E-state index contributed by atoms with van der Waals surface area (Å²) in [5, 5.41) is 20.6. The first-order chi connectivity index (χ1) is 13.1. The minimum atomic E-state index is -0.458. The summed E-state index contributed by atoms with van der Waals surface area (Å²) in [7, 11) is 3.05. The smallest absolute Gasteiger partial charge is 0.289 e. The molecule has 1 amide bonds. The van der Waals surface area contributed by atoms with Gasteiger partial charge in [-0.15, -0.1) is 0 Å². The van der Waals surface area contributed by atoms with Crippen LogP contribution in [0.4, 0.5) is 0 Å². The fraction of sp³-hybridized carbons (Fsp3) is 0.105. The van der Waals surface area contributed by atoms with Gasteiger partial charge in [0.25, 0.3) is 5.91 Å². The highest BCUT2D eigenvalue weighted by molar-refractivity contribution is 5.94. The van der Waals surface area contributed by atoms with Crippen LogP contribution in [0.15, 0.2) is 53.6 Å². The van der Waals surface area contributed by atoms with E-state index in [0.29, 0.717) is 17.0 Å². The molecule has 8 nitrogen and oxygen atoms in total. The van der Waals surface area contributed by atoms with Crippen LogP contribution in [0, 0.1) is 0 Å². The lowest BCUT2D eigenvalue weighted by Crippen LogP contribution is -2.18. The van der Waals surface area contributed by atoms with Crippen molar-refractivity contribution in [2.75, 3.05) is 14.2 Å². The molecule has 0 atom stereocenters. The van der Waals surface area contributed by atoms with Crippen molar-refractivity contribution in [1.82, 2.24) is 15.6 Å². The summed E-state index contributed by atoms with van der Waals surface area (Å²) < 4.78 is 10.1. The fourth-order valence-corrected chi connectivity index (χ4v) is 2.38. The van der Waals surface area contributed by atoms with E-state index in [1.807, 2.05) is 24.3 Å². The number of nitrogens with one attached hydrogen (secondary N) is 2. The lowest BCUT2D eigenvalue weighted by atomic mass is 10.1. The van der Waals surface area contributed by atoms with E-state index < -0.39 is 5.91 Å². The highest BCUT2D eigenvalue weighted by atomic mass is 16.5. The van der Waals surface area contributed by atoms with Crippen molar-refractivity contribution in [3.05, 3.63) is 59.8 Å². The molecule has 2 aromatic carbocycles. The number of H-pyrrole nitrogens is 1. The molecule has 0 fully saturated rings. The molecule has 27 heavy (non-hydrogen) atoms. The number of methoxy groups -OCH3 is 2.